The van der Waals surface area contributed by atoms with Gasteiger partial charge in [0.15, 0.2) is 5.82 Å². The fourth-order valence-corrected chi connectivity index (χ4v) is 1.24. The van der Waals surface area contributed by atoms with Gasteiger partial charge in [-0.15, -0.1) is 0 Å². The van der Waals surface area contributed by atoms with Crippen LogP contribution in [0.2, 0.25) is 0 Å². The van der Waals surface area contributed by atoms with E-state index in [1.54, 1.807) is 6.92 Å². The summed E-state index contributed by atoms with van der Waals surface area (Å²) < 4.78 is 0. The van der Waals surface area contributed by atoms with Gasteiger partial charge in [0.1, 0.15) is 23.7 Å². The molecule has 0 saturated heterocycles. The van der Waals surface area contributed by atoms with Crippen LogP contribution >= 0.6 is 0 Å². The van der Waals surface area contributed by atoms with Crippen LogP contribution in [0.1, 0.15) is 5.82 Å². The van der Waals surface area contributed by atoms with E-state index in [0.29, 0.717) is 17.2 Å². The van der Waals surface area contributed by atoms with Crippen molar-refractivity contribution >= 4 is 0 Å². The Kier molecular flexibility index (Phi) is 2.21. The van der Waals surface area contributed by atoms with Gasteiger partial charge in [0.2, 0.25) is 0 Å². The van der Waals surface area contributed by atoms with E-state index in [0.717, 1.165) is 0 Å². The van der Waals surface area contributed by atoms with Crippen LogP contribution in [0, 0.1) is 6.92 Å². The lowest BCUT2D eigenvalue weighted by Crippen LogP contribution is -1.93. The molecule has 76 valence electrons. The van der Waals surface area contributed by atoms with Crippen LogP contribution in [-0.4, -0.2) is 25.2 Å². The molecule has 0 aliphatic heterocycles. The molecule has 0 aliphatic carbocycles. The largest absolute Gasteiger partial charge is 0.508 e. The number of phenols is 2. The second-order valence-corrected chi connectivity index (χ2v) is 3.09. The van der Waals surface area contributed by atoms with Gasteiger partial charge in [0.05, 0.1) is 0 Å². The van der Waals surface area contributed by atoms with Gasteiger partial charge in [-0.05, 0) is 19.1 Å². The zero-order valence-electron chi connectivity index (χ0n) is 8.05. The average Bonchev–Trinajstić information content (AvgIpc) is 2.16. The Morgan fingerprint density at radius 3 is 2.27 bits per heavy atom. The summed E-state index contributed by atoms with van der Waals surface area (Å²) in [5.74, 6) is 0.961. The SMILES string of the molecule is Cc1ncnc(-c2cc(O)cc(O)c2)n1. The minimum absolute atomic E-state index is 0.0249. The highest BCUT2D eigenvalue weighted by Gasteiger charge is 2.04. The Hall–Kier alpha value is -2.17. The Morgan fingerprint density at radius 2 is 1.67 bits per heavy atom. The summed E-state index contributed by atoms with van der Waals surface area (Å²) in [6.07, 6.45) is 1.39. The van der Waals surface area contributed by atoms with Gasteiger partial charge in [-0.1, -0.05) is 0 Å². The van der Waals surface area contributed by atoms with E-state index in [1.807, 2.05) is 0 Å². The van der Waals surface area contributed by atoms with Crippen molar-refractivity contribution in [3.63, 3.8) is 0 Å². The first kappa shape index (κ1) is 9.39. The monoisotopic (exact) mass is 203 g/mol. The van der Waals surface area contributed by atoms with Crippen LogP contribution in [-0.2, 0) is 0 Å². The van der Waals surface area contributed by atoms with Crippen molar-refractivity contribution in [2.24, 2.45) is 0 Å². The number of phenolic OH excluding ortho intramolecular Hbond substituents is 2. The number of aromatic hydroxyl groups is 2. The fourth-order valence-electron chi connectivity index (χ4n) is 1.24. The van der Waals surface area contributed by atoms with E-state index in [-0.39, 0.29) is 11.5 Å². The summed E-state index contributed by atoms with van der Waals surface area (Å²) in [5.41, 5.74) is 0.554. The zero-order chi connectivity index (χ0) is 10.8. The molecule has 1 aromatic heterocycles. The van der Waals surface area contributed by atoms with Crippen molar-refractivity contribution in [2.75, 3.05) is 0 Å². The molecule has 2 N–H and O–H groups in total. The van der Waals surface area contributed by atoms with Gasteiger partial charge in [0.25, 0.3) is 0 Å². The molecule has 5 heteroatoms. The van der Waals surface area contributed by atoms with Gasteiger partial charge < -0.3 is 10.2 Å². The quantitative estimate of drug-likeness (QED) is 0.729. The van der Waals surface area contributed by atoms with Crippen molar-refractivity contribution < 1.29 is 10.2 Å². The van der Waals surface area contributed by atoms with Crippen LogP contribution < -0.4 is 0 Å². The van der Waals surface area contributed by atoms with E-state index in [4.69, 9.17) is 0 Å². The van der Waals surface area contributed by atoms with Crippen molar-refractivity contribution in [1.29, 1.82) is 0 Å². The first-order valence-corrected chi connectivity index (χ1v) is 4.34. The summed E-state index contributed by atoms with van der Waals surface area (Å²) in [7, 11) is 0. The molecule has 0 atom stereocenters. The normalized spacial score (nSPS) is 10.2. The Balaban J connectivity index is 2.54. The lowest BCUT2D eigenvalue weighted by molar-refractivity contribution is 0.451. The fraction of sp³-hybridized carbons (Fsp3) is 0.100. The van der Waals surface area contributed by atoms with E-state index >= 15 is 0 Å². The molecular formula is C10H9N3O2. The number of benzene rings is 1. The summed E-state index contributed by atoms with van der Waals surface area (Å²) >= 11 is 0. The molecule has 0 radical (unpaired) electrons. The second-order valence-electron chi connectivity index (χ2n) is 3.09. The minimum atomic E-state index is -0.0249. The van der Waals surface area contributed by atoms with Crippen LogP contribution in [0.3, 0.4) is 0 Å². The molecule has 0 unspecified atom stereocenters. The number of rotatable bonds is 1. The van der Waals surface area contributed by atoms with Gasteiger partial charge in [-0.3, -0.25) is 0 Å². The third-order valence-electron chi connectivity index (χ3n) is 1.85. The van der Waals surface area contributed by atoms with Crippen LogP contribution in [0.4, 0.5) is 0 Å². The molecule has 5 nitrogen and oxygen atoms in total. The maximum Gasteiger partial charge on any atom is 0.163 e. The molecular weight excluding hydrogens is 194 g/mol. The summed E-state index contributed by atoms with van der Waals surface area (Å²) in [5, 5.41) is 18.6. The molecule has 0 amide bonds. The zero-order valence-corrected chi connectivity index (χ0v) is 8.05. The molecule has 1 heterocycles. The predicted molar refractivity (Wildman–Crippen MR) is 53.3 cm³/mol. The first-order valence-electron chi connectivity index (χ1n) is 4.34. The molecule has 0 spiro atoms. The highest BCUT2D eigenvalue weighted by atomic mass is 16.3. The number of hydrogen-bond donors (Lipinski definition) is 2. The van der Waals surface area contributed by atoms with Gasteiger partial charge >= 0.3 is 0 Å². The van der Waals surface area contributed by atoms with Gasteiger partial charge in [-0.25, -0.2) is 15.0 Å². The molecule has 0 fully saturated rings. The van der Waals surface area contributed by atoms with E-state index in [2.05, 4.69) is 15.0 Å². The molecule has 0 aliphatic rings. The van der Waals surface area contributed by atoms with Crippen LogP contribution in [0.5, 0.6) is 11.5 Å². The minimum Gasteiger partial charge on any atom is -0.508 e. The van der Waals surface area contributed by atoms with Gasteiger partial charge in [0, 0.05) is 11.6 Å². The summed E-state index contributed by atoms with van der Waals surface area (Å²) in [6.45, 7) is 1.74. The second kappa shape index (κ2) is 3.53. The standard InChI is InChI=1S/C10H9N3O2/c1-6-11-5-12-10(13-6)7-2-8(14)4-9(15)3-7/h2-5,14-15H,1H3. The Morgan fingerprint density at radius 1 is 1.00 bits per heavy atom. The molecule has 1 aromatic carbocycles. The number of nitrogens with zero attached hydrogens (tertiary/aromatic N) is 3. The predicted octanol–water partition coefficient (Wildman–Crippen LogP) is 1.26. The van der Waals surface area contributed by atoms with Crippen LogP contribution in [0.15, 0.2) is 24.5 Å². The van der Waals surface area contributed by atoms with Crippen molar-refractivity contribution in [2.45, 2.75) is 6.92 Å². The van der Waals surface area contributed by atoms with Crippen molar-refractivity contribution in [1.82, 2.24) is 15.0 Å². The van der Waals surface area contributed by atoms with E-state index < -0.39 is 0 Å². The lowest BCUT2D eigenvalue weighted by Gasteiger charge is -2.02. The topological polar surface area (TPSA) is 79.1 Å². The third-order valence-corrected chi connectivity index (χ3v) is 1.85. The highest BCUT2D eigenvalue weighted by molar-refractivity contribution is 5.59. The molecule has 0 bridgehead atoms. The Labute approximate surface area is 86.1 Å². The van der Waals surface area contributed by atoms with Crippen LogP contribution in [0.25, 0.3) is 11.4 Å². The summed E-state index contributed by atoms with van der Waals surface area (Å²) in [4.78, 5) is 11.9. The highest BCUT2D eigenvalue weighted by Crippen LogP contribution is 2.25. The molecule has 2 rings (SSSR count). The number of aromatic nitrogens is 3. The maximum absolute atomic E-state index is 9.29. The van der Waals surface area contributed by atoms with Crippen molar-refractivity contribution in [3.05, 3.63) is 30.4 Å². The van der Waals surface area contributed by atoms with E-state index in [9.17, 15) is 10.2 Å². The lowest BCUT2D eigenvalue weighted by atomic mass is 10.2. The van der Waals surface area contributed by atoms with Gasteiger partial charge in [-0.2, -0.15) is 0 Å². The van der Waals surface area contributed by atoms with Crippen molar-refractivity contribution in [3.8, 4) is 22.9 Å². The summed E-state index contributed by atoms with van der Waals surface area (Å²) in [6, 6.07) is 4.21. The number of hydrogen-bond acceptors (Lipinski definition) is 5. The number of aryl methyl sites for hydroxylation is 1. The molecule has 15 heavy (non-hydrogen) atoms. The van der Waals surface area contributed by atoms with E-state index in [1.165, 1.54) is 24.5 Å². The Bertz CT molecular complexity index is 480. The first-order chi connectivity index (χ1) is 7.15. The molecule has 0 saturated carbocycles. The smallest absolute Gasteiger partial charge is 0.163 e. The third kappa shape index (κ3) is 2.01. The average molecular weight is 203 g/mol. The molecule has 2 aromatic rings. The maximum atomic E-state index is 9.29.